The first-order valence-corrected chi connectivity index (χ1v) is 8.02. The summed E-state index contributed by atoms with van der Waals surface area (Å²) in [5.74, 6) is -1.95. The summed E-state index contributed by atoms with van der Waals surface area (Å²) in [5, 5.41) is 0. The number of alkyl halides is 4. The zero-order valence-corrected chi connectivity index (χ0v) is 8.91. The highest BCUT2D eigenvalue weighted by atomic mass is 35.8. The second kappa shape index (κ2) is 4.35. The fourth-order valence-corrected chi connectivity index (χ4v) is 1.91. The van der Waals surface area contributed by atoms with Crippen molar-refractivity contribution in [2.45, 2.75) is 24.8 Å². The zero-order chi connectivity index (χ0) is 9.99. The van der Waals surface area contributed by atoms with Crippen LogP contribution in [-0.4, -0.2) is 18.0 Å². The lowest BCUT2D eigenvalue weighted by atomic mass is 10.3. The van der Waals surface area contributed by atoms with E-state index in [4.69, 9.17) is 33.2 Å². The van der Waals surface area contributed by atoms with E-state index in [1.54, 1.807) is 0 Å². The molecule has 74 valence electrons. The molecule has 1 atom stereocenters. The van der Waals surface area contributed by atoms with E-state index >= 15 is 0 Å². The maximum Gasteiger partial charge on any atom is 0.389 e. The monoisotopic (exact) mass is 262 g/mol. The van der Waals surface area contributed by atoms with Crippen LogP contribution < -0.4 is 0 Å². The third-order valence-corrected chi connectivity index (χ3v) is 4.17. The summed E-state index contributed by atoms with van der Waals surface area (Å²) in [7, 11) is 0. The second-order valence-corrected chi connectivity index (χ2v) is 11.0. The van der Waals surface area contributed by atoms with Crippen molar-refractivity contribution in [1.82, 2.24) is 0 Å². The molecule has 0 radical (unpaired) electrons. The van der Waals surface area contributed by atoms with Crippen LogP contribution in [0.3, 0.4) is 0 Å². The molecule has 0 nitrogen and oxygen atoms in total. The van der Waals surface area contributed by atoms with Crippen molar-refractivity contribution in [2.75, 3.05) is 0 Å². The van der Waals surface area contributed by atoms with E-state index < -0.39 is 30.8 Å². The molecule has 0 aromatic heterocycles. The highest BCUT2D eigenvalue weighted by molar-refractivity contribution is 7.65. The van der Waals surface area contributed by atoms with Gasteiger partial charge in [-0.25, -0.2) is 4.39 Å². The van der Waals surface area contributed by atoms with Crippen LogP contribution in [0, 0.1) is 0 Å². The molecular formula is C4H5Cl3F4Si. The Morgan fingerprint density at radius 2 is 1.58 bits per heavy atom. The molecule has 0 spiro atoms. The minimum Gasteiger partial charge on any atom is -0.247 e. The lowest BCUT2D eigenvalue weighted by Gasteiger charge is -2.14. The van der Waals surface area contributed by atoms with Crippen LogP contribution in [0.25, 0.3) is 0 Å². The number of hydrogen-bond acceptors (Lipinski definition) is 0. The van der Waals surface area contributed by atoms with Crippen molar-refractivity contribution < 1.29 is 17.6 Å². The van der Waals surface area contributed by atoms with Gasteiger partial charge in [-0.2, -0.15) is 13.2 Å². The van der Waals surface area contributed by atoms with Crippen molar-refractivity contribution in [3.8, 4) is 0 Å². The lowest BCUT2D eigenvalue weighted by Crippen LogP contribution is -2.28. The van der Waals surface area contributed by atoms with Gasteiger partial charge < -0.3 is 0 Å². The predicted molar refractivity (Wildman–Crippen MR) is 43.5 cm³/mol. The molecule has 0 aromatic rings. The smallest absolute Gasteiger partial charge is 0.247 e. The van der Waals surface area contributed by atoms with Gasteiger partial charge >= 0.3 is 12.2 Å². The number of hydrogen-bond donors (Lipinski definition) is 0. The van der Waals surface area contributed by atoms with Crippen molar-refractivity contribution in [1.29, 1.82) is 0 Å². The van der Waals surface area contributed by atoms with Crippen molar-refractivity contribution in [2.24, 2.45) is 0 Å². The van der Waals surface area contributed by atoms with E-state index in [0.29, 0.717) is 0 Å². The Balaban J connectivity index is 3.80. The van der Waals surface area contributed by atoms with Crippen LogP contribution in [0.1, 0.15) is 12.8 Å². The molecule has 0 bridgehead atoms. The van der Waals surface area contributed by atoms with Gasteiger partial charge in [0.2, 0.25) is 0 Å². The Labute approximate surface area is 81.9 Å². The first-order valence-electron chi connectivity index (χ1n) is 2.90. The van der Waals surface area contributed by atoms with E-state index in [9.17, 15) is 17.6 Å². The van der Waals surface area contributed by atoms with E-state index in [-0.39, 0.29) is 0 Å². The number of halogens is 7. The van der Waals surface area contributed by atoms with Gasteiger partial charge in [-0.15, -0.1) is 33.2 Å². The van der Waals surface area contributed by atoms with Gasteiger partial charge in [0.05, 0.1) is 0 Å². The summed E-state index contributed by atoms with van der Waals surface area (Å²) in [6, 6.07) is -3.61. The van der Waals surface area contributed by atoms with Crippen molar-refractivity contribution in [3.63, 3.8) is 0 Å². The van der Waals surface area contributed by atoms with E-state index in [0.717, 1.165) is 0 Å². The maximum absolute atomic E-state index is 12.6. The zero-order valence-electron chi connectivity index (χ0n) is 5.64. The third kappa shape index (κ3) is 6.34. The van der Waals surface area contributed by atoms with E-state index in [1.165, 1.54) is 0 Å². The molecule has 0 saturated heterocycles. The van der Waals surface area contributed by atoms with E-state index in [2.05, 4.69) is 0 Å². The summed E-state index contributed by atoms with van der Waals surface area (Å²) in [6.07, 6.45) is -6.42. The third-order valence-electron chi connectivity index (χ3n) is 1.04. The summed E-state index contributed by atoms with van der Waals surface area (Å²) in [5.41, 5.74) is 0. The normalized spacial score (nSPS) is 16.2. The van der Waals surface area contributed by atoms with E-state index in [1.807, 2.05) is 0 Å². The molecule has 0 aliphatic rings. The number of rotatable bonds is 3. The van der Waals surface area contributed by atoms with Crippen LogP contribution in [0.15, 0.2) is 0 Å². The molecule has 0 rings (SSSR count). The fourth-order valence-electron chi connectivity index (χ4n) is 0.454. The molecule has 0 fully saturated rings. The summed E-state index contributed by atoms with van der Waals surface area (Å²) < 4.78 is 47.2. The molecule has 8 heteroatoms. The quantitative estimate of drug-likeness (QED) is 0.412. The minimum atomic E-state index is -4.39. The Kier molecular flexibility index (Phi) is 4.64. The van der Waals surface area contributed by atoms with Gasteiger partial charge in [-0.05, 0) is 6.42 Å². The first kappa shape index (κ1) is 12.8. The molecule has 0 N–H and O–H groups in total. The molecule has 0 heterocycles. The molecule has 0 amide bonds. The average molecular weight is 264 g/mol. The molecule has 0 saturated carbocycles. The Morgan fingerprint density at radius 3 is 1.83 bits per heavy atom. The largest absolute Gasteiger partial charge is 0.389 e. The van der Waals surface area contributed by atoms with Crippen molar-refractivity contribution in [3.05, 3.63) is 0 Å². The predicted octanol–water partition coefficient (Wildman–Crippen LogP) is 3.86. The van der Waals surface area contributed by atoms with Crippen molar-refractivity contribution >= 4 is 39.2 Å². The summed E-state index contributed by atoms with van der Waals surface area (Å²) >= 11 is 15.4. The molecule has 12 heavy (non-hydrogen) atoms. The van der Waals surface area contributed by atoms with Gasteiger partial charge in [0.25, 0.3) is 0 Å². The standard InChI is InChI=1S/C4H5Cl3F4Si/c5-12(6,7)3(8)1-2-4(9,10)11/h3H,1-2H2. The average Bonchev–Trinajstić information content (AvgIpc) is 1.78. The van der Waals surface area contributed by atoms with Gasteiger partial charge in [0, 0.05) is 6.42 Å². The SMILES string of the molecule is FC(CCC(F)(F)F)[Si](Cl)(Cl)Cl. The molecule has 1 unspecified atom stereocenters. The summed E-state index contributed by atoms with van der Waals surface area (Å²) in [4.78, 5) is 0. The van der Waals surface area contributed by atoms with Crippen LogP contribution >= 0.6 is 33.2 Å². The van der Waals surface area contributed by atoms with Gasteiger partial charge in [0.15, 0.2) is 0 Å². The summed E-state index contributed by atoms with van der Waals surface area (Å²) in [6.45, 7) is 0. The molecule has 0 aliphatic heterocycles. The Bertz CT molecular complexity index is 142. The van der Waals surface area contributed by atoms with Crippen LogP contribution in [0.2, 0.25) is 0 Å². The van der Waals surface area contributed by atoms with Crippen LogP contribution in [0.4, 0.5) is 17.6 Å². The Hall–Kier alpha value is 0.807. The highest BCUT2D eigenvalue weighted by Crippen LogP contribution is 2.32. The van der Waals surface area contributed by atoms with Gasteiger partial charge in [0.1, 0.15) is 5.79 Å². The lowest BCUT2D eigenvalue weighted by molar-refractivity contribution is -0.136. The van der Waals surface area contributed by atoms with Gasteiger partial charge in [-0.3, -0.25) is 0 Å². The minimum absolute atomic E-state index is 0.772. The molecular weight excluding hydrogens is 258 g/mol. The van der Waals surface area contributed by atoms with Crippen LogP contribution in [0.5, 0.6) is 0 Å². The van der Waals surface area contributed by atoms with Crippen LogP contribution in [-0.2, 0) is 0 Å². The Morgan fingerprint density at radius 1 is 1.17 bits per heavy atom. The molecule has 0 aromatic carbocycles. The highest BCUT2D eigenvalue weighted by Gasteiger charge is 2.40. The van der Waals surface area contributed by atoms with Gasteiger partial charge in [-0.1, -0.05) is 0 Å². The first-order chi connectivity index (χ1) is 5.13. The fraction of sp³-hybridized carbons (Fsp3) is 1.00. The molecule has 0 aliphatic carbocycles. The topological polar surface area (TPSA) is 0 Å². The maximum atomic E-state index is 12.6. The second-order valence-electron chi connectivity index (χ2n) is 2.16.